The molecule has 13 heteroatoms. The Balaban J connectivity index is 1.39. The number of oxime groups is 1. The van der Waals surface area contributed by atoms with Crippen molar-refractivity contribution in [2.45, 2.75) is 6.04 Å². The summed E-state index contributed by atoms with van der Waals surface area (Å²) in [6.45, 7) is 7.03. The van der Waals surface area contributed by atoms with E-state index in [1.807, 2.05) is 0 Å². The fourth-order valence-electron chi connectivity index (χ4n) is 3.92. The third-order valence-corrected chi connectivity index (χ3v) is 6.62. The number of aromatic nitrogens is 2. The zero-order valence-corrected chi connectivity index (χ0v) is 20.2. The van der Waals surface area contributed by atoms with Crippen molar-refractivity contribution >= 4 is 58.2 Å². The van der Waals surface area contributed by atoms with Crippen molar-refractivity contribution in [2.24, 2.45) is 5.16 Å². The molecule has 0 unspecified atom stereocenters. The number of nitrogens with zero attached hydrogens (tertiary/aromatic N) is 6. The Bertz CT molecular complexity index is 1130. The summed E-state index contributed by atoms with van der Waals surface area (Å²) in [7, 11) is 0. The van der Waals surface area contributed by atoms with Crippen molar-refractivity contribution in [3.05, 3.63) is 53.3 Å². The third kappa shape index (κ3) is 5.64. The SMILES string of the molecule is C=CC(=O)N1CC(N2CCN(C(=O)/C(=N\O)Nc3cc(Cl)c(Cl)cc3Nc3ncccn3)CC2)C1. The average molecular weight is 519 g/mol. The van der Waals surface area contributed by atoms with Crippen LogP contribution in [0.3, 0.4) is 0 Å². The third-order valence-electron chi connectivity index (χ3n) is 5.89. The number of piperazine rings is 1. The van der Waals surface area contributed by atoms with E-state index in [0.717, 1.165) is 0 Å². The first kappa shape index (κ1) is 24.7. The van der Waals surface area contributed by atoms with Crippen LogP contribution in [0.25, 0.3) is 0 Å². The van der Waals surface area contributed by atoms with Gasteiger partial charge in [0.25, 0.3) is 5.91 Å². The number of benzene rings is 1. The molecule has 35 heavy (non-hydrogen) atoms. The first-order valence-corrected chi connectivity index (χ1v) is 11.6. The minimum atomic E-state index is -0.461. The molecule has 184 valence electrons. The molecule has 1 aromatic carbocycles. The van der Waals surface area contributed by atoms with E-state index < -0.39 is 5.91 Å². The second-order valence-corrected chi connectivity index (χ2v) is 8.83. The maximum absolute atomic E-state index is 13.1. The van der Waals surface area contributed by atoms with E-state index in [2.05, 4.69) is 37.2 Å². The summed E-state index contributed by atoms with van der Waals surface area (Å²) in [4.78, 5) is 38.6. The summed E-state index contributed by atoms with van der Waals surface area (Å²) in [6, 6.07) is 5.01. The van der Waals surface area contributed by atoms with Crippen LogP contribution in [0.1, 0.15) is 0 Å². The zero-order valence-electron chi connectivity index (χ0n) is 18.7. The molecule has 2 aromatic rings. The van der Waals surface area contributed by atoms with Crippen LogP contribution in [-0.2, 0) is 9.59 Å². The monoisotopic (exact) mass is 518 g/mol. The van der Waals surface area contributed by atoms with Gasteiger partial charge in [0.05, 0.1) is 21.4 Å². The molecule has 4 rings (SSSR count). The van der Waals surface area contributed by atoms with Crippen LogP contribution >= 0.6 is 23.2 Å². The van der Waals surface area contributed by atoms with Crippen LogP contribution < -0.4 is 10.6 Å². The number of nitrogens with one attached hydrogen (secondary N) is 2. The number of anilines is 3. The molecule has 1 aromatic heterocycles. The number of hydrogen-bond acceptors (Lipinski definition) is 8. The molecule has 0 saturated carbocycles. The summed E-state index contributed by atoms with van der Waals surface area (Å²) < 4.78 is 0. The summed E-state index contributed by atoms with van der Waals surface area (Å²) >= 11 is 12.4. The Kier molecular flexibility index (Phi) is 7.69. The lowest BCUT2D eigenvalue weighted by molar-refractivity contribution is -0.134. The van der Waals surface area contributed by atoms with Crippen LogP contribution in [-0.4, -0.2) is 92.8 Å². The van der Waals surface area contributed by atoms with Crippen molar-refractivity contribution in [1.82, 2.24) is 24.7 Å². The van der Waals surface area contributed by atoms with Gasteiger partial charge in [-0.15, -0.1) is 0 Å². The highest BCUT2D eigenvalue weighted by atomic mass is 35.5. The molecule has 0 radical (unpaired) electrons. The number of carbonyl (C=O) groups is 2. The standard InChI is InChI=1S/C22H24Cl2N8O3/c1-2-19(33)32-12-14(13-32)30-6-8-31(9-7-30)21(34)20(29-35)27-17-10-15(23)16(24)11-18(17)28-22-25-4-3-5-26-22/h2-5,10-11,14,35H,1,6-9,12-13H2,(H,27,29)(H,25,26,28). The average Bonchev–Trinajstić information content (AvgIpc) is 2.85. The van der Waals surface area contributed by atoms with Gasteiger partial charge < -0.3 is 25.6 Å². The van der Waals surface area contributed by atoms with E-state index in [9.17, 15) is 14.8 Å². The van der Waals surface area contributed by atoms with E-state index in [4.69, 9.17) is 23.2 Å². The number of likely N-dealkylation sites (tertiary alicyclic amines) is 1. The molecule has 2 aliphatic rings. The van der Waals surface area contributed by atoms with E-state index in [0.29, 0.717) is 56.6 Å². The van der Waals surface area contributed by atoms with Gasteiger partial charge in [-0.2, -0.15) is 0 Å². The fraction of sp³-hybridized carbons (Fsp3) is 0.318. The topological polar surface area (TPSA) is 126 Å². The minimum Gasteiger partial charge on any atom is -0.409 e. The molecule has 3 N–H and O–H groups in total. The number of halogens is 2. The van der Waals surface area contributed by atoms with Gasteiger partial charge in [-0.3, -0.25) is 14.5 Å². The van der Waals surface area contributed by atoms with Gasteiger partial charge in [0.1, 0.15) is 0 Å². The maximum Gasteiger partial charge on any atom is 0.293 e. The summed E-state index contributed by atoms with van der Waals surface area (Å²) in [5.41, 5.74) is 0.793. The Hall–Kier alpha value is -3.41. The van der Waals surface area contributed by atoms with Crippen molar-refractivity contribution in [1.29, 1.82) is 0 Å². The van der Waals surface area contributed by atoms with E-state index in [1.54, 1.807) is 34.3 Å². The Morgan fingerprint density at radius 1 is 1.06 bits per heavy atom. The van der Waals surface area contributed by atoms with Crippen molar-refractivity contribution < 1.29 is 14.8 Å². The zero-order chi connectivity index (χ0) is 24.9. The molecule has 2 amide bonds. The van der Waals surface area contributed by atoms with Crippen molar-refractivity contribution in [2.75, 3.05) is 49.9 Å². The number of hydrogen-bond donors (Lipinski definition) is 3. The van der Waals surface area contributed by atoms with E-state index >= 15 is 0 Å². The highest BCUT2D eigenvalue weighted by Gasteiger charge is 2.36. The molecule has 0 spiro atoms. The molecule has 2 fully saturated rings. The van der Waals surface area contributed by atoms with Gasteiger partial charge in [0.15, 0.2) is 0 Å². The molecule has 0 bridgehead atoms. The Labute approximate surface area is 212 Å². The Morgan fingerprint density at radius 3 is 2.29 bits per heavy atom. The van der Waals surface area contributed by atoms with Gasteiger partial charge in [0.2, 0.25) is 17.7 Å². The van der Waals surface area contributed by atoms with Crippen LogP contribution in [0.5, 0.6) is 0 Å². The van der Waals surface area contributed by atoms with Crippen LogP contribution in [0, 0.1) is 0 Å². The molecule has 2 saturated heterocycles. The molecule has 2 aliphatic heterocycles. The van der Waals surface area contributed by atoms with Crippen molar-refractivity contribution in [3.63, 3.8) is 0 Å². The molecule has 11 nitrogen and oxygen atoms in total. The predicted molar refractivity (Wildman–Crippen MR) is 133 cm³/mol. The van der Waals surface area contributed by atoms with E-state index in [1.165, 1.54) is 12.1 Å². The molecule has 0 atom stereocenters. The molecular formula is C22H24Cl2N8O3. The molecule has 0 aliphatic carbocycles. The largest absolute Gasteiger partial charge is 0.409 e. The second kappa shape index (κ2) is 10.9. The number of amides is 2. The molecule has 3 heterocycles. The predicted octanol–water partition coefficient (Wildman–Crippen LogP) is 2.27. The fourth-order valence-corrected chi connectivity index (χ4v) is 4.25. The van der Waals surface area contributed by atoms with Gasteiger partial charge >= 0.3 is 0 Å². The van der Waals surface area contributed by atoms with Gasteiger partial charge in [-0.25, -0.2) is 9.97 Å². The normalized spacial score (nSPS) is 17.0. The lowest BCUT2D eigenvalue weighted by Crippen LogP contribution is -2.64. The lowest BCUT2D eigenvalue weighted by Gasteiger charge is -2.47. The summed E-state index contributed by atoms with van der Waals surface area (Å²) in [5, 5.41) is 19.2. The maximum atomic E-state index is 13.1. The quantitative estimate of drug-likeness (QED) is 0.181. The number of amidine groups is 1. The number of rotatable bonds is 5. The minimum absolute atomic E-state index is 0.0695. The van der Waals surface area contributed by atoms with Crippen molar-refractivity contribution in [3.8, 4) is 0 Å². The summed E-state index contributed by atoms with van der Waals surface area (Å²) in [6.07, 6.45) is 4.46. The van der Waals surface area contributed by atoms with Gasteiger partial charge in [0, 0.05) is 57.7 Å². The molecular weight excluding hydrogens is 495 g/mol. The summed E-state index contributed by atoms with van der Waals surface area (Å²) in [5.74, 6) is -0.486. The highest BCUT2D eigenvalue weighted by Crippen LogP contribution is 2.34. The first-order chi connectivity index (χ1) is 16.9. The second-order valence-electron chi connectivity index (χ2n) is 8.01. The van der Waals surface area contributed by atoms with Gasteiger partial charge in [-0.1, -0.05) is 34.9 Å². The highest BCUT2D eigenvalue weighted by molar-refractivity contribution is 6.44. The smallest absolute Gasteiger partial charge is 0.293 e. The Morgan fingerprint density at radius 2 is 1.69 bits per heavy atom. The van der Waals surface area contributed by atoms with Gasteiger partial charge in [-0.05, 0) is 24.3 Å². The first-order valence-electron chi connectivity index (χ1n) is 10.9. The van der Waals surface area contributed by atoms with Crippen LogP contribution in [0.15, 0.2) is 48.4 Å². The van der Waals surface area contributed by atoms with Crippen LogP contribution in [0.2, 0.25) is 10.0 Å². The van der Waals surface area contributed by atoms with Crippen LogP contribution in [0.4, 0.5) is 17.3 Å². The van der Waals surface area contributed by atoms with E-state index in [-0.39, 0.29) is 27.8 Å². The lowest BCUT2D eigenvalue weighted by atomic mass is 10.1. The number of carbonyl (C=O) groups excluding carboxylic acids is 2.